The maximum Gasteiger partial charge on any atom is 0.274 e. The molecule has 0 fully saturated rings. The molecule has 21 heavy (non-hydrogen) atoms. The van der Waals surface area contributed by atoms with Gasteiger partial charge in [-0.3, -0.25) is 10.0 Å². The van der Waals surface area contributed by atoms with Crippen molar-refractivity contribution >= 4 is 17.0 Å². The zero-order valence-electron chi connectivity index (χ0n) is 10.4. The molecule has 0 spiro atoms. The second-order valence-corrected chi connectivity index (χ2v) is 4.24. The van der Waals surface area contributed by atoms with Crippen molar-refractivity contribution in [3.8, 4) is 11.5 Å². The highest BCUT2D eigenvalue weighted by Gasteiger charge is 2.18. The lowest BCUT2D eigenvalue weighted by atomic mass is 10.2. The van der Waals surface area contributed by atoms with E-state index in [0.717, 1.165) is 12.1 Å². The predicted octanol–water partition coefficient (Wildman–Crippen LogP) is 2.89. The highest BCUT2D eigenvalue weighted by molar-refractivity contribution is 5.96. The molecule has 2 N–H and O–H groups in total. The van der Waals surface area contributed by atoms with Gasteiger partial charge in [-0.05, 0) is 30.3 Å². The SMILES string of the molecule is O=C(NO)c1ccc2oc(-c3c(F)cccc3F)nc2c1. The molecule has 0 radical (unpaired) electrons. The van der Waals surface area contributed by atoms with E-state index in [0.29, 0.717) is 0 Å². The van der Waals surface area contributed by atoms with Gasteiger partial charge in [-0.15, -0.1) is 0 Å². The maximum absolute atomic E-state index is 13.7. The highest BCUT2D eigenvalue weighted by atomic mass is 19.1. The monoisotopic (exact) mass is 290 g/mol. The van der Waals surface area contributed by atoms with Crippen molar-refractivity contribution in [3.63, 3.8) is 0 Å². The first-order valence-corrected chi connectivity index (χ1v) is 5.89. The molecule has 3 rings (SSSR count). The van der Waals surface area contributed by atoms with Crippen LogP contribution in [0.3, 0.4) is 0 Å². The third kappa shape index (κ3) is 2.23. The number of halogens is 2. The second kappa shape index (κ2) is 4.95. The molecule has 0 saturated heterocycles. The van der Waals surface area contributed by atoms with E-state index in [1.807, 2.05) is 0 Å². The Morgan fingerprint density at radius 2 is 1.90 bits per heavy atom. The van der Waals surface area contributed by atoms with Crippen molar-refractivity contribution in [1.82, 2.24) is 10.5 Å². The van der Waals surface area contributed by atoms with Crippen LogP contribution in [-0.4, -0.2) is 16.1 Å². The summed E-state index contributed by atoms with van der Waals surface area (Å²) in [6.07, 6.45) is 0. The lowest BCUT2D eigenvalue weighted by Gasteiger charge is -1.98. The number of hydroxylamine groups is 1. The predicted molar refractivity (Wildman–Crippen MR) is 68.6 cm³/mol. The fraction of sp³-hybridized carbons (Fsp3) is 0. The molecular weight excluding hydrogens is 282 g/mol. The third-order valence-electron chi connectivity index (χ3n) is 2.93. The summed E-state index contributed by atoms with van der Waals surface area (Å²) in [7, 11) is 0. The van der Waals surface area contributed by atoms with E-state index in [-0.39, 0.29) is 28.1 Å². The van der Waals surface area contributed by atoms with Gasteiger partial charge in [0.15, 0.2) is 5.58 Å². The van der Waals surface area contributed by atoms with E-state index >= 15 is 0 Å². The fourth-order valence-electron chi connectivity index (χ4n) is 1.94. The lowest BCUT2D eigenvalue weighted by Crippen LogP contribution is -2.18. The number of oxazole rings is 1. The number of carbonyl (C=O) groups excluding carboxylic acids is 1. The van der Waals surface area contributed by atoms with Crippen LogP contribution in [0.5, 0.6) is 0 Å². The van der Waals surface area contributed by atoms with Crippen LogP contribution in [0.4, 0.5) is 8.78 Å². The maximum atomic E-state index is 13.7. The van der Waals surface area contributed by atoms with Gasteiger partial charge in [0.1, 0.15) is 22.7 Å². The molecule has 0 unspecified atom stereocenters. The summed E-state index contributed by atoms with van der Waals surface area (Å²) in [4.78, 5) is 15.3. The van der Waals surface area contributed by atoms with E-state index < -0.39 is 17.5 Å². The molecule has 106 valence electrons. The first kappa shape index (κ1) is 13.2. The van der Waals surface area contributed by atoms with Crippen molar-refractivity contribution in [2.45, 2.75) is 0 Å². The second-order valence-electron chi connectivity index (χ2n) is 4.24. The Labute approximate surface area is 116 Å². The van der Waals surface area contributed by atoms with Crippen LogP contribution in [0.15, 0.2) is 40.8 Å². The van der Waals surface area contributed by atoms with Crippen LogP contribution in [0, 0.1) is 11.6 Å². The molecule has 0 saturated carbocycles. The molecule has 1 amide bonds. The molecule has 7 heteroatoms. The Morgan fingerprint density at radius 1 is 1.19 bits per heavy atom. The molecule has 0 bridgehead atoms. The normalized spacial score (nSPS) is 10.8. The number of rotatable bonds is 2. The highest BCUT2D eigenvalue weighted by Crippen LogP contribution is 2.28. The standard InChI is InChI=1S/C14H8F2N2O3/c15-8-2-1-3-9(16)12(8)14-17-10-6-7(13(19)18-20)4-5-11(10)21-14/h1-6,20H,(H,18,19). The molecule has 1 aromatic heterocycles. The van der Waals surface area contributed by atoms with Crippen LogP contribution < -0.4 is 5.48 Å². The van der Waals surface area contributed by atoms with Crippen LogP contribution in [-0.2, 0) is 0 Å². The molecule has 0 aliphatic rings. The van der Waals surface area contributed by atoms with E-state index in [2.05, 4.69) is 4.98 Å². The van der Waals surface area contributed by atoms with Gasteiger partial charge in [-0.25, -0.2) is 19.2 Å². The number of aromatic nitrogens is 1. The van der Waals surface area contributed by atoms with Gasteiger partial charge in [0.2, 0.25) is 5.89 Å². The summed E-state index contributed by atoms with van der Waals surface area (Å²) < 4.78 is 32.7. The lowest BCUT2D eigenvalue weighted by molar-refractivity contribution is 0.0706. The third-order valence-corrected chi connectivity index (χ3v) is 2.93. The summed E-state index contributed by atoms with van der Waals surface area (Å²) >= 11 is 0. The van der Waals surface area contributed by atoms with Crippen molar-refractivity contribution in [3.05, 3.63) is 53.6 Å². The first-order valence-electron chi connectivity index (χ1n) is 5.89. The van der Waals surface area contributed by atoms with Gasteiger partial charge in [0, 0.05) is 5.56 Å². The zero-order valence-corrected chi connectivity index (χ0v) is 10.4. The van der Waals surface area contributed by atoms with E-state index in [9.17, 15) is 13.6 Å². The molecule has 2 aromatic carbocycles. The Kier molecular flexibility index (Phi) is 3.11. The Hall–Kier alpha value is -2.80. The molecule has 1 heterocycles. The number of amides is 1. The van der Waals surface area contributed by atoms with Gasteiger partial charge in [0.05, 0.1) is 0 Å². The summed E-state index contributed by atoms with van der Waals surface area (Å²) in [6.45, 7) is 0. The molecule has 0 aliphatic carbocycles. The summed E-state index contributed by atoms with van der Waals surface area (Å²) in [5.74, 6) is -2.54. The number of benzene rings is 2. The van der Waals surface area contributed by atoms with Gasteiger partial charge >= 0.3 is 0 Å². The van der Waals surface area contributed by atoms with Crippen molar-refractivity contribution in [2.24, 2.45) is 0 Å². The van der Waals surface area contributed by atoms with Crippen LogP contribution in [0.1, 0.15) is 10.4 Å². The number of hydrogen-bond acceptors (Lipinski definition) is 4. The minimum Gasteiger partial charge on any atom is -0.436 e. The smallest absolute Gasteiger partial charge is 0.274 e. The Bertz CT molecular complexity index is 825. The molecule has 3 aromatic rings. The Morgan fingerprint density at radius 3 is 2.57 bits per heavy atom. The van der Waals surface area contributed by atoms with E-state index in [1.165, 1.54) is 29.7 Å². The van der Waals surface area contributed by atoms with E-state index in [1.54, 1.807) is 0 Å². The summed E-state index contributed by atoms with van der Waals surface area (Å²) in [5.41, 5.74) is 1.76. The van der Waals surface area contributed by atoms with Gasteiger partial charge in [0.25, 0.3) is 5.91 Å². The van der Waals surface area contributed by atoms with Crippen molar-refractivity contribution in [2.75, 3.05) is 0 Å². The molecular formula is C14H8F2N2O3. The number of nitrogens with zero attached hydrogens (tertiary/aromatic N) is 1. The fourth-order valence-corrected chi connectivity index (χ4v) is 1.94. The quantitative estimate of drug-likeness (QED) is 0.562. The Balaban J connectivity index is 2.15. The van der Waals surface area contributed by atoms with Crippen molar-refractivity contribution in [1.29, 1.82) is 0 Å². The van der Waals surface area contributed by atoms with Crippen LogP contribution in [0.25, 0.3) is 22.6 Å². The minimum atomic E-state index is -0.796. The molecule has 5 nitrogen and oxygen atoms in total. The topological polar surface area (TPSA) is 75.4 Å². The van der Waals surface area contributed by atoms with Gasteiger partial charge < -0.3 is 4.42 Å². The number of fused-ring (bicyclic) bond motifs is 1. The summed E-state index contributed by atoms with van der Waals surface area (Å²) in [5, 5.41) is 8.57. The first-order chi connectivity index (χ1) is 10.1. The minimum absolute atomic E-state index is 0.138. The van der Waals surface area contributed by atoms with Crippen LogP contribution in [0.2, 0.25) is 0 Å². The zero-order chi connectivity index (χ0) is 15.0. The largest absolute Gasteiger partial charge is 0.436 e. The molecule has 0 aliphatic heterocycles. The van der Waals surface area contributed by atoms with Crippen LogP contribution >= 0.6 is 0 Å². The summed E-state index contributed by atoms with van der Waals surface area (Å²) in [6, 6.07) is 7.58. The van der Waals surface area contributed by atoms with Gasteiger partial charge in [-0.1, -0.05) is 6.07 Å². The molecule has 0 atom stereocenters. The number of carbonyl (C=O) groups is 1. The van der Waals surface area contributed by atoms with E-state index in [4.69, 9.17) is 9.62 Å². The van der Waals surface area contributed by atoms with Gasteiger partial charge in [-0.2, -0.15) is 0 Å². The number of nitrogens with one attached hydrogen (secondary N) is 1. The average molecular weight is 290 g/mol. The van der Waals surface area contributed by atoms with Crippen molar-refractivity contribution < 1.29 is 23.2 Å². The number of hydrogen-bond donors (Lipinski definition) is 2. The average Bonchev–Trinajstić information content (AvgIpc) is 2.88.